The SMILES string of the molecule is CCC(C)CN(CC(=O)O)c1ccc(C)cc1. The largest absolute Gasteiger partial charge is 0.480 e. The summed E-state index contributed by atoms with van der Waals surface area (Å²) in [5.41, 5.74) is 2.17. The molecule has 0 saturated carbocycles. The fourth-order valence-electron chi connectivity index (χ4n) is 1.69. The van der Waals surface area contributed by atoms with Gasteiger partial charge in [-0.25, -0.2) is 0 Å². The maximum Gasteiger partial charge on any atom is 0.323 e. The third-order valence-electron chi connectivity index (χ3n) is 2.95. The van der Waals surface area contributed by atoms with Crippen LogP contribution in [-0.4, -0.2) is 24.2 Å². The molecule has 0 aromatic heterocycles. The van der Waals surface area contributed by atoms with Crippen molar-refractivity contribution in [2.75, 3.05) is 18.0 Å². The highest BCUT2D eigenvalue weighted by Gasteiger charge is 2.13. The molecule has 0 saturated heterocycles. The average Bonchev–Trinajstić information content (AvgIpc) is 2.28. The molecule has 1 unspecified atom stereocenters. The topological polar surface area (TPSA) is 40.5 Å². The fraction of sp³-hybridized carbons (Fsp3) is 0.500. The highest BCUT2D eigenvalue weighted by atomic mass is 16.4. The molecule has 3 nitrogen and oxygen atoms in total. The molecule has 0 spiro atoms. The van der Waals surface area contributed by atoms with Crippen molar-refractivity contribution < 1.29 is 9.90 Å². The van der Waals surface area contributed by atoms with E-state index in [0.29, 0.717) is 5.92 Å². The Bertz CT molecular complexity index is 359. The maximum atomic E-state index is 10.9. The van der Waals surface area contributed by atoms with Crippen molar-refractivity contribution in [3.05, 3.63) is 29.8 Å². The quantitative estimate of drug-likeness (QED) is 0.824. The molecule has 1 aromatic rings. The van der Waals surface area contributed by atoms with Crippen LogP contribution in [-0.2, 0) is 4.79 Å². The average molecular weight is 235 g/mol. The van der Waals surface area contributed by atoms with E-state index >= 15 is 0 Å². The molecule has 94 valence electrons. The predicted molar refractivity (Wildman–Crippen MR) is 70.5 cm³/mol. The van der Waals surface area contributed by atoms with Gasteiger partial charge in [-0.05, 0) is 25.0 Å². The second-order valence-corrected chi connectivity index (χ2v) is 4.62. The molecule has 0 amide bonds. The Balaban J connectivity index is 2.81. The molecular formula is C14H21NO2. The van der Waals surface area contributed by atoms with E-state index in [-0.39, 0.29) is 6.54 Å². The zero-order valence-electron chi connectivity index (χ0n) is 10.8. The number of nitrogens with zero attached hydrogens (tertiary/aromatic N) is 1. The lowest BCUT2D eigenvalue weighted by Crippen LogP contribution is -2.33. The standard InChI is InChI=1S/C14H21NO2/c1-4-11(2)9-15(10-14(16)17)13-7-5-12(3)6-8-13/h5-8,11H,4,9-10H2,1-3H3,(H,16,17). The van der Waals surface area contributed by atoms with Crippen LogP contribution in [0.4, 0.5) is 5.69 Å². The lowest BCUT2D eigenvalue weighted by Gasteiger charge is -2.26. The van der Waals surface area contributed by atoms with Crippen molar-refractivity contribution >= 4 is 11.7 Å². The van der Waals surface area contributed by atoms with Gasteiger partial charge in [0, 0.05) is 12.2 Å². The van der Waals surface area contributed by atoms with Gasteiger partial charge in [-0.15, -0.1) is 0 Å². The number of rotatable bonds is 6. The molecule has 3 heteroatoms. The van der Waals surface area contributed by atoms with Gasteiger partial charge in [0.05, 0.1) is 0 Å². The predicted octanol–water partition coefficient (Wildman–Crippen LogP) is 2.93. The number of benzene rings is 1. The van der Waals surface area contributed by atoms with Crippen molar-refractivity contribution in [2.45, 2.75) is 27.2 Å². The third-order valence-corrected chi connectivity index (χ3v) is 2.95. The van der Waals surface area contributed by atoms with Crippen LogP contribution in [0.3, 0.4) is 0 Å². The van der Waals surface area contributed by atoms with Gasteiger partial charge in [-0.1, -0.05) is 38.0 Å². The van der Waals surface area contributed by atoms with Gasteiger partial charge in [0.25, 0.3) is 0 Å². The Morgan fingerprint density at radius 3 is 2.41 bits per heavy atom. The van der Waals surface area contributed by atoms with E-state index < -0.39 is 5.97 Å². The maximum absolute atomic E-state index is 10.9. The van der Waals surface area contributed by atoms with Crippen molar-refractivity contribution in [3.8, 4) is 0 Å². The number of hydrogen-bond donors (Lipinski definition) is 1. The van der Waals surface area contributed by atoms with Crippen molar-refractivity contribution in [1.82, 2.24) is 0 Å². The highest BCUT2D eigenvalue weighted by Crippen LogP contribution is 2.17. The van der Waals surface area contributed by atoms with Crippen LogP contribution in [0.25, 0.3) is 0 Å². The summed E-state index contributed by atoms with van der Waals surface area (Å²) in [6.07, 6.45) is 1.06. The Hall–Kier alpha value is -1.51. The normalized spacial score (nSPS) is 12.2. The molecule has 0 aliphatic carbocycles. The number of carboxylic acid groups (broad SMARTS) is 1. The van der Waals surface area contributed by atoms with Crippen molar-refractivity contribution in [3.63, 3.8) is 0 Å². The van der Waals surface area contributed by atoms with E-state index in [9.17, 15) is 4.79 Å². The molecule has 0 heterocycles. The third kappa shape index (κ3) is 4.47. The van der Waals surface area contributed by atoms with E-state index in [0.717, 1.165) is 18.7 Å². The van der Waals surface area contributed by atoms with Gasteiger partial charge in [0.2, 0.25) is 0 Å². The lowest BCUT2D eigenvalue weighted by molar-refractivity contribution is -0.135. The Labute approximate surface area is 103 Å². The Morgan fingerprint density at radius 1 is 1.35 bits per heavy atom. The lowest BCUT2D eigenvalue weighted by atomic mass is 10.1. The van der Waals surface area contributed by atoms with Gasteiger partial charge in [0.1, 0.15) is 6.54 Å². The summed E-state index contributed by atoms with van der Waals surface area (Å²) in [5, 5.41) is 8.94. The second kappa shape index (κ2) is 6.28. The van der Waals surface area contributed by atoms with Crippen molar-refractivity contribution in [1.29, 1.82) is 0 Å². The van der Waals surface area contributed by atoms with E-state index in [1.54, 1.807) is 0 Å². The number of carbonyl (C=O) groups is 1. The van der Waals surface area contributed by atoms with E-state index in [1.807, 2.05) is 36.1 Å². The molecule has 0 bridgehead atoms. The smallest absolute Gasteiger partial charge is 0.323 e. The van der Waals surface area contributed by atoms with Gasteiger partial charge in [-0.3, -0.25) is 4.79 Å². The summed E-state index contributed by atoms with van der Waals surface area (Å²) < 4.78 is 0. The molecule has 17 heavy (non-hydrogen) atoms. The zero-order valence-corrected chi connectivity index (χ0v) is 10.8. The van der Waals surface area contributed by atoms with Crippen LogP contribution in [0, 0.1) is 12.8 Å². The fourth-order valence-corrected chi connectivity index (χ4v) is 1.69. The van der Waals surface area contributed by atoms with E-state index in [4.69, 9.17) is 5.11 Å². The van der Waals surface area contributed by atoms with Crippen molar-refractivity contribution in [2.24, 2.45) is 5.92 Å². The van der Waals surface area contributed by atoms with Crippen LogP contribution in [0.15, 0.2) is 24.3 Å². The molecule has 1 atom stereocenters. The molecule has 0 aliphatic heterocycles. The first-order valence-electron chi connectivity index (χ1n) is 6.06. The molecular weight excluding hydrogens is 214 g/mol. The summed E-state index contributed by atoms with van der Waals surface area (Å²) in [6.45, 7) is 7.14. The van der Waals surface area contributed by atoms with Gasteiger partial charge in [0.15, 0.2) is 0 Å². The summed E-state index contributed by atoms with van der Waals surface area (Å²) in [4.78, 5) is 12.8. The van der Waals surface area contributed by atoms with Gasteiger partial charge in [-0.2, -0.15) is 0 Å². The first-order valence-corrected chi connectivity index (χ1v) is 6.06. The molecule has 0 radical (unpaired) electrons. The number of aryl methyl sites for hydroxylation is 1. The minimum atomic E-state index is -0.783. The summed E-state index contributed by atoms with van der Waals surface area (Å²) in [6, 6.07) is 8.00. The summed E-state index contributed by atoms with van der Waals surface area (Å²) in [5.74, 6) is -0.287. The number of carboxylic acids is 1. The summed E-state index contributed by atoms with van der Waals surface area (Å²) in [7, 11) is 0. The Morgan fingerprint density at radius 2 is 1.94 bits per heavy atom. The van der Waals surface area contributed by atoms with Crippen LogP contribution < -0.4 is 4.90 Å². The monoisotopic (exact) mass is 235 g/mol. The minimum Gasteiger partial charge on any atom is -0.480 e. The first kappa shape index (κ1) is 13.6. The van der Waals surface area contributed by atoms with Gasteiger partial charge < -0.3 is 10.0 Å². The molecule has 0 aliphatic rings. The number of hydrogen-bond acceptors (Lipinski definition) is 2. The molecule has 0 fully saturated rings. The minimum absolute atomic E-state index is 0.0629. The number of anilines is 1. The van der Waals surface area contributed by atoms with Crippen LogP contribution in [0.5, 0.6) is 0 Å². The zero-order chi connectivity index (χ0) is 12.8. The van der Waals surface area contributed by atoms with Crippen LogP contribution in [0.2, 0.25) is 0 Å². The Kier molecular flexibility index (Phi) is 5.01. The van der Waals surface area contributed by atoms with E-state index in [1.165, 1.54) is 5.56 Å². The molecule has 1 rings (SSSR count). The first-order chi connectivity index (χ1) is 8.02. The van der Waals surface area contributed by atoms with Crippen LogP contribution in [0.1, 0.15) is 25.8 Å². The second-order valence-electron chi connectivity index (χ2n) is 4.62. The van der Waals surface area contributed by atoms with Gasteiger partial charge >= 0.3 is 5.97 Å². The molecule has 1 N–H and O–H groups in total. The molecule has 1 aromatic carbocycles. The number of aliphatic carboxylic acids is 1. The summed E-state index contributed by atoms with van der Waals surface area (Å²) >= 11 is 0. The van der Waals surface area contributed by atoms with E-state index in [2.05, 4.69) is 13.8 Å². The highest BCUT2D eigenvalue weighted by molar-refractivity contribution is 5.73. The van der Waals surface area contributed by atoms with Crippen LogP contribution >= 0.6 is 0 Å².